The molecule has 0 aliphatic heterocycles. The smallest absolute Gasteiger partial charge is 0.227 e. The van der Waals surface area contributed by atoms with Gasteiger partial charge in [0.05, 0.1) is 5.52 Å². The predicted octanol–water partition coefficient (Wildman–Crippen LogP) is 3.48. The molecule has 0 aliphatic carbocycles. The molecule has 0 saturated heterocycles. The number of hydrogen-bond donors (Lipinski definition) is 1. The topological polar surface area (TPSA) is 93.6 Å². The molecule has 2 aromatic carbocycles. The van der Waals surface area contributed by atoms with Crippen LogP contribution < -0.4 is 10.6 Å². The quantitative estimate of drug-likeness (QED) is 0.483. The van der Waals surface area contributed by atoms with Crippen molar-refractivity contribution in [3.05, 3.63) is 71.3 Å². The monoisotopic (exact) mass is 433 g/mol. The van der Waals surface area contributed by atoms with Crippen LogP contribution in [0.4, 0.5) is 10.1 Å². The number of carbonyl (C=O) groups excluding carboxylic acids is 2. The lowest BCUT2D eigenvalue weighted by Crippen LogP contribution is -2.34. The summed E-state index contributed by atoms with van der Waals surface area (Å²) in [5.41, 5.74) is 10.2. The number of anilines is 1. The van der Waals surface area contributed by atoms with Gasteiger partial charge < -0.3 is 10.6 Å². The SMILES string of the molecule is Cc1nc2c3ccccc3nn2c(C)c1CCC(=O)N(CCC(N)=O)c1ccc(F)cc1. The van der Waals surface area contributed by atoms with Crippen molar-refractivity contribution in [3.63, 3.8) is 0 Å². The zero-order valence-corrected chi connectivity index (χ0v) is 18.0. The summed E-state index contributed by atoms with van der Waals surface area (Å²) >= 11 is 0. The van der Waals surface area contributed by atoms with Crippen molar-refractivity contribution >= 4 is 34.1 Å². The second kappa shape index (κ2) is 8.74. The van der Waals surface area contributed by atoms with E-state index in [9.17, 15) is 14.0 Å². The predicted molar refractivity (Wildman–Crippen MR) is 121 cm³/mol. The highest BCUT2D eigenvalue weighted by Crippen LogP contribution is 2.24. The summed E-state index contributed by atoms with van der Waals surface area (Å²) in [6.07, 6.45) is 0.685. The van der Waals surface area contributed by atoms with Gasteiger partial charge in [0, 0.05) is 41.8 Å². The fourth-order valence-electron chi connectivity index (χ4n) is 3.95. The summed E-state index contributed by atoms with van der Waals surface area (Å²) in [6, 6.07) is 13.4. The summed E-state index contributed by atoms with van der Waals surface area (Å²) in [5, 5.41) is 5.64. The van der Waals surface area contributed by atoms with Crippen LogP contribution in [0.25, 0.3) is 16.6 Å². The van der Waals surface area contributed by atoms with Gasteiger partial charge in [-0.3, -0.25) is 9.59 Å². The lowest BCUT2D eigenvalue weighted by Gasteiger charge is -2.23. The van der Waals surface area contributed by atoms with Crippen molar-refractivity contribution in [2.24, 2.45) is 5.73 Å². The van der Waals surface area contributed by atoms with Crippen LogP contribution in [0.15, 0.2) is 48.5 Å². The van der Waals surface area contributed by atoms with E-state index >= 15 is 0 Å². The Morgan fingerprint density at radius 3 is 2.50 bits per heavy atom. The highest BCUT2D eigenvalue weighted by Gasteiger charge is 2.19. The van der Waals surface area contributed by atoms with E-state index in [4.69, 9.17) is 10.7 Å². The Morgan fingerprint density at radius 1 is 1.06 bits per heavy atom. The maximum absolute atomic E-state index is 13.3. The minimum absolute atomic E-state index is 0.0224. The molecule has 8 heteroatoms. The highest BCUT2D eigenvalue weighted by atomic mass is 19.1. The molecule has 2 heterocycles. The fraction of sp³-hybridized carbons (Fsp3) is 0.250. The van der Waals surface area contributed by atoms with Crippen LogP contribution in [0.5, 0.6) is 0 Å². The van der Waals surface area contributed by atoms with Gasteiger partial charge in [0.15, 0.2) is 5.65 Å². The summed E-state index contributed by atoms with van der Waals surface area (Å²) in [6.45, 7) is 4.04. The third-order valence-corrected chi connectivity index (χ3v) is 5.63. The number of nitrogens with two attached hydrogens (primary N) is 1. The Hall–Kier alpha value is -3.81. The van der Waals surface area contributed by atoms with E-state index in [1.807, 2.05) is 42.6 Å². The number of fused-ring (bicyclic) bond motifs is 3. The number of amides is 2. The van der Waals surface area contributed by atoms with Gasteiger partial charge >= 0.3 is 0 Å². The second-order valence-corrected chi connectivity index (χ2v) is 7.75. The molecule has 0 fully saturated rings. The molecule has 0 atom stereocenters. The maximum Gasteiger partial charge on any atom is 0.227 e. The molecule has 7 nitrogen and oxygen atoms in total. The van der Waals surface area contributed by atoms with E-state index < -0.39 is 11.7 Å². The Bertz CT molecular complexity index is 1310. The third kappa shape index (κ3) is 4.16. The lowest BCUT2D eigenvalue weighted by molar-refractivity contribution is -0.119. The third-order valence-electron chi connectivity index (χ3n) is 5.63. The molecule has 32 heavy (non-hydrogen) atoms. The van der Waals surface area contributed by atoms with E-state index in [0.717, 1.165) is 33.5 Å². The van der Waals surface area contributed by atoms with Gasteiger partial charge in [-0.05, 0) is 62.2 Å². The molecule has 4 rings (SSSR count). The number of rotatable bonds is 7. The van der Waals surface area contributed by atoms with Crippen LogP contribution in [-0.2, 0) is 16.0 Å². The molecule has 0 bridgehead atoms. The number of aryl methyl sites for hydroxylation is 2. The average molecular weight is 433 g/mol. The molecule has 4 aromatic rings. The summed E-state index contributed by atoms with van der Waals surface area (Å²) in [5.74, 6) is -1.08. The average Bonchev–Trinajstić information content (AvgIpc) is 3.13. The first-order valence-electron chi connectivity index (χ1n) is 10.4. The van der Waals surface area contributed by atoms with Gasteiger partial charge in [-0.2, -0.15) is 5.10 Å². The van der Waals surface area contributed by atoms with Gasteiger partial charge in [0.1, 0.15) is 5.82 Å². The Balaban J connectivity index is 1.60. The zero-order valence-electron chi connectivity index (χ0n) is 18.0. The zero-order chi connectivity index (χ0) is 22.8. The number of aromatic nitrogens is 3. The van der Waals surface area contributed by atoms with Crippen LogP contribution in [-0.4, -0.2) is 33.0 Å². The highest BCUT2D eigenvalue weighted by molar-refractivity contribution is 5.94. The van der Waals surface area contributed by atoms with Crippen molar-refractivity contribution in [3.8, 4) is 0 Å². The molecule has 2 N–H and O–H groups in total. The Labute approximate surface area is 184 Å². The van der Waals surface area contributed by atoms with E-state index in [-0.39, 0.29) is 25.3 Å². The normalized spacial score (nSPS) is 11.2. The maximum atomic E-state index is 13.3. The number of hydrogen-bond acceptors (Lipinski definition) is 4. The Kier molecular flexibility index (Phi) is 5.85. The summed E-state index contributed by atoms with van der Waals surface area (Å²) in [7, 11) is 0. The molecular weight excluding hydrogens is 409 g/mol. The molecule has 0 radical (unpaired) electrons. The first-order valence-corrected chi connectivity index (χ1v) is 10.4. The van der Waals surface area contributed by atoms with Crippen LogP contribution in [0.3, 0.4) is 0 Å². The Morgan fingerprint density at radius 2 is 1.78 bits per heavy atom. The fourth-order valence-corrected chi connectivity index (χ4v) is 3.95. The van der Waals surface area contributed by atoms with Crippen molar-refractivity contribution in [1.82, 2.24) is 14.6 Å². The summed E-state index contributed by atoms with van der Waals surface area (Å²) in [4.78, 5) is 30.6. The van der Waals surface area contributed by atoms with Crippen molar-refractivity contribution in [2.75, 3.05) is 11.4 Å². The molecule has 0 saturated carbocycles. The van der Waals surface area contributed by atoms with Gasteiger partial charge in [-0.25, -0.2) is 13.9 Å². The van der Waals surface area contributed by atoms with Crippen LogP contribution in [0.2, 0.25) is 0 Å². The van der Waals surface area contributed by atoms with Crippen LogP contribution in [0.1, 0.15) is 29.8 Å². The number of benzene rings is 2. The van der Waals surface area contributed by atoms with E-state index in [1.54, 1.807) is 0 Å². The van der Waals surface area contributed by atoms with Gasteiger partial charge in [0.25, 0.3) is 0 Å². The molecule has 0 unspecified atom stereocenters. The first kappa shape index (κ1) is 21.4. The van der Waals surface area contributed by atoms with Crippen molar-refractivity contribution in [2.45, 2.75) is 33.1 Å². The van der Waals surface area contributed by atoms with E-state index in [1.165, 1.54) is 29.2 Å². The second-order valence-electron chi connectivity index (χ2n) is 7.75. The van der Waals surface area contributed by atoms with E-state index in [2.05, 4.69) is 5.10 Å². The standard InChI is InChI=1S/C24H24FN5O2/c1-15-19(16(2)30-24(27-15)20-5-3-4-6-21(20)28-30)11-12-23(32)29(14-13-22(26)31)18-9-7-17(25)8-10-18/h3-10H,11-14H2,1-2H3,(H2,26,31). The van der Waals surface area contributed by atoms with Crippen molar-refractivity contribution in [1.29, 1.82) is 0 Å². The van der Waals surface area contributed by atoms with Crippen LogP contribution in [0, 0.1) is 19.7 Å². The minimum atomic E-state index is -0.503. The van der Waals surface area contributed by atoms with Crippen molar-refractivity contribution < 1.29 is 14.0 Å². The number of nitrogens with zero attached hydrogens (tertiary/aromatic N) is 4. The van der Waals surface area contributed by atoms with Gasteiger partial charge in [-0.1, -0.05) is 12.1 Å². The number of halogens is 1. The first-order chi connectivity index (χ1) is 15.3. The largest absolute Gasteiger partial charge is 0.370 e. The van der Waals surface area contributed by atoms with Crippen LogP contribution >= 0.6 is 0 Å². The molecule has 2 aromatic heterocycles. The minimum Gasteiger partial charge on any atom is -0.370 e. The molecule has 164 valence electrons. The lowest BCUT2D eigenvalue weighted by atomic mass is 10.1. The molecule has 0 spiro atoms. The molecular formula is C24H24FN5O2. The number of primary amides is 1. The molecule has 2 amide bonds. The van der Waals surface area contributed by atoms with Gasteiger partial charge in [0.2, 0.25) is 11.8 Å². The molecule has 0 aliphatic rings. The summed E-state index contributed by atoms with van der Waals surface area (Å²) < 4.78 is 15.2. The van der Waals surface area contributed by atoms with E-state index in [0.29, 0.717) is 12.1 Å². The number of carbonyl (C=O) groups is 2. The van der Waals surface area contributed by atoms with Gasteiger partial charge in [-0.15, -0.1) is 0 Å².